The third kappa shape index (κ3) is 5.77. The zero-order valence-corrected chi connectivity index (χ0v) is 25.0. The summed E-state index contributed by atoms with van der Waals surface area (Å²) in [6.45, 7) is 1.44. The minimum atomic E-state index is -3.90. The molecule has 1 aromatic heterocycles. The van der Waals surface area contributed by atoms with E-state index < -0.39 is 16.0 Å². The maximum Gasteiger partial charge on any atom is 0.355 e. The molecule has 42 heavy (non-hydrogen) atoms. The van der Waals surface area contributed by atoms with Gasteiger partial charge >= 0.3 is 5.97 Å². The molecule has 0 aliphatic rings. The number of rotatable bonds is 8. The third-order valence-corrected chi connectivity index (χ3v) is 8.68. The van der Waals surface area contributed by atoms with Crippen LogP contribution in [0.4, 0.5) is 5.69 Å². The van der Waals surface area contributed by atoms with Gasteiger partial charge in [0.15, 0.2) is 5.78 Å². The molecule has 5 aromatic rings. The van der Waals surface area contributed by atoms with Crippen LogP contribution in [0.1, 0.15) is 33.3 Å². The number of pyridine rings is 1. The third-order valence-electron chi connectivity index (χ3n) is 6.79. The Kier molecular flexibility index (Phi) is 8.11. The van der Waals surface area contributed by atoms with Gasteiger partial charge in [0.05, 0.1) is 18.6 Å². The molecule has 8 nitrogen and oxygen atoms in total. The van der Waals surface area contributed by atoms with Gasteiger partial charge < -0.3 is 4.74 Å². The van der Waals surface area contributed by atoms with Crippen molar-refractivity contribution >= 4 is 54.2 Å². The second kappa shape index (κ2) is 11.8. The highest BCUT2D eigenvalue weighted by Crippen LogP contribution is 2.33. The van der Waals surface area contributed by atoms with Gasteiger partial charge in [-0.2, -0.15) is 0 Å². The second-order valence-electron chi connectivity index (χ2n) is 9.55. The van der Waals surface area contributed by atoms with Crippen LogP contribution in [-0.2, 0) is 21.3 Å². The number of hydrogen-bond acceptors (Lipinski definition) is 6. The Balaban J connectivity index is 1.54. The number of methoxy groups -OCH3 is 1. The van der Waals surface area contributed by atoms with Gasteiger partial charge in [0, 0.05) is 26.7 Å². The van der Waals surface area contributed by atoms with E-state index in [4.69, 9.17) is 4.74 Å². The lowest BCUT2D eigenvalue weighted by Gasteiger charge is -2.19. The number of anilines is 1. The van der Waals surface area contributed by atoms with E-state index in [2.05, 4.69) is 20.7 Å². The predicted octanol–water partition coefficient (Wildman–Crippen LogP) is 6.27. The number of ether oxygens (including phenoxy) is 1. The van der Waals surface area contributed by atoms with Crippen molar-refractivity contribution in [3.63, 3.8) is 0 Å². The lowest BCUT2D eigenvalue weighted by molar-refractivity contribution is 0.0588. The normalized spacial score (nSPS) is 11.3. The van der Waals surface area contributed by atoms with Crippen molar-refractivity contribution in [2.45, 2.75) is 18.4 Å². The molecule has 0 saturated heterocycles. The smallest absolute Gasteiger partial charge is 0.355 e. The quantitative estimate of drug-likeness (QED) is 0.157. The van der Waals surface area contributed by atoms with Crippen molar-refractivity contribution in [2.24, 2.45) is 0 Å². The highest BCUT2D eigenvalue weighted by molar-refractivity contribution is 9.10. The molecule has 10 heteroatoms. The van der Waals surface area contributed by atoms with E-state index in [-0.39, 0.29) is 28.5 Å². The minimum Gasteiger partial charge on any atom is -0.464 e. The number of hydrogen-bond donors (Lipinski definition) is 1. The summed E-state index contributed by atoms with van der Waals surface area (Å²) in [6, 6.07) is 26.8. The van der Waals surface area contributed by atoms with Crippen molar-refractivity contribution in [3.05, 3.63) is 129 Å². The van der Waals surface area contributed by atoms with Crippen molar-refractivity contribution < 1.29 is 22.7 Å². The first kappa shape index (κ1) is 29.0. The summed E-state index contributed by atoms with van der Waals surface area (Å²) in [5.41, 5.74) is 2.44. The summed E-state index contributed by atoms with van der Waals surface area (Å²) >= 11 is 3.48. The van der Waals surface area contributed by atoms with Crippen LogP contribution >= 0.6 is 15.9 Å². The maximum absolute atomic E-state index is 13.8. The van der Waals surface area contributed by atoms with Gasteiger partial charge in [-0.25, -0.2) is 13.2 Å². The number of aromatic nitrogens is 1. The van der Waals surface area contributed by atoms with Crippen molar-refractivity contribution in [1.82, 2.24) is 4.57 Å². The Bertz CT molecular complexity index is 1990. The van der Waals surface area contributed by atoms with E-state index in [9.17, 15) is 22.8 Å². The fourth-order valence-corrected chi connectivity index (χ4v) is 6.14. The second-order valence-corrected chi connectivity index (χ2v) is 12.1. The maximum atomic E-state index is 13.8. The molecule has 0 amide bonds. The molecule has 0 unspecified atom stereocenters. The van der Waals surface area contributed by atoms with Crippen LogP contribution in [0, 0.1) is 0 Å². The van der Waals surface area contributed by atoms with Crippen LogP contribution in [0.25, 0.3) is 21.9 Å². The number of carbonyl (C=O) groups is 2. The molecule has 0 radical (unpaired) electrons. The summed E-state index contributed by atoms with van der Waals surface area (Å²) in [4.78, 5) is 38.5. The van der Waals surface area contributed by atoms with E-state index in [0.717, 1.165) is 10.0 Å². The Morgan fingerprint density at radius 1 is 0.881 bits per heavy atom. The zero-order chi connectivity index (χ0) is 30.0. The molecule has 5 rings (SSSR count). The van der Waals surface area contributed by atoms with Gasteiger partial charge in [0.1, 0.15) is 5.69 Å². The molecule has 0 aliphatic heterocycles. The van der Waals surface area contributed by atoms with E-state index >= 15 is 0 Å². The lowest BCUT2D eigenvalue weighted by Crippen LogP contribution is -2.28. The average Bonchev–Trinajstić information content (AvgIpc) is 2.99. The number of ketones is 1. The fraction of sp³-hybridized carbons (Fsp3) is 0.0938. The topological polar surface area (TPSA) is 112 Å². The zero-order valence-electron chi connectivity index (χ0n) is 22.6. The fourth-order valence-electron chi connectivity index (χ4n) is 4.72. The van der Waals surface area contributed by atoms with Crippen LogP contribution in [0.3, 0.4) is 0 Å². The first-order chi connectivity index (χ1) is 20.1. The highest BCUT2D eigenvalue weighted by Gasteiger charge is 2.24. The van der Waals surface area contributed by atoms with Gasteiger partial charge in [-0.15, -0.1) is 0 Å². The minimum absolute atomic E-state index is 0.0158. The molecule has 0 saturated carbocycles. The van der Waals surface area contributed by atoms with Gasteiger partial charge in [-0.3, -0.25) is 18.9 Å². The van der Waals surface area contributed by atoms with Crippen molar-refractivity contribution in [1.29, 1.82) is 0 Å². The number of halogens is 1. The summed E-state index contributed by atoms with van der Waals surface area (Å²) < 4.78 is 35.6. The average molecular weight is 646 g/mol. The number of nitrogens with zero attached hydrogens (tertiary/aromatic N) is 1. The molecule has 0 bridgehead atoms. The number of Topliss-reactive ketones (excluding diaryl/α,β-unsaturated/α-hetero) is 1. The summed E-state index contributed by atoms with van der Waals surface area (Å²) in [6.07, 6.45) is 0. The predicted molar refractivity (Wildman–Crippen MR) is 165 cm³/mol. The summed E-state index contributed by atoms with van der Waals surface area (Å²) in [7, 11) is -2.63. The molecule has 0 fully saturated rings. The number of sulfonamides is 1. The van der Waals surface area contributed by atoms with Crippen molar-refractivity contribution in [2.75, 3.05) is 11.8 Å². The largest absolute Gasteiger partial charge is 0.464 e. The summed E-state index contributed by atoms with van der Waals surface area (Å²) in [5.74, 6) is -0.819. The molecule has 0 atom stereocenters. The lowest BCUT2D eigenvalue weighted by atomic mass is 9.96. The Morgan fingerprint density at radius 2 is 1.55 bits per heavy atom. The van der Waals surface area contributed by atoms with Gasteiger partial charge in [-0.1, -0.05) is 70.5 Å². The first-order valence-electron chi connectivity index (χ1n) is 12.8. The molecule has 1 N–H and O–H groups in total. The number of fused-ring (bicyclic) bond motifs is 1. The van der Waals surface area contributed by atoms with Crippen molar-refractivity contribution in [3.8, 4) is 11.1 Å². The highest BCUT2D eigenvalue weighted by atomic mass is 79.9. The molecular formula is C32H25BrN2O6S. The van der Waals surface area contributed by atoms with Gasteiger partial charge in [-0.05, 0) is 65.9 Å². The molecule has 0 spiro atoms. The van der Waals surface area contributed by atoms with Crippen LogP contribution in [-0.4, -0.2) is 31.8 Å². The number of carbonyl (C=O) groups excluding carboxylic acids is 2. The van der Waals surface area contributed by atoms with Crippen LogP contribution in [0.15, 0.2) is 111 Å². The Labute approximate surface area is 250 Å². The molecule has 0 aliphatic carbocycles. The molecular weight excluding hydrogens is 620 g/mol. The number of esters is 1. The van der Waals surface area contributed by atoms with E-state index in [1.807, 2.05) is 36.4 Å². The standard InChI is InChI=1S/C32H25BrN2O6S/c1-20(36)22-10-15-26(16-11-22)42(39,40)34-25-13-8-21(9-14-25)19-35-30(32(38)41-2)29(23-6-4-3-5-7-23)28-18-24(33)12-17-27(28)31(35)37/h3-18,34H,19H2,1-2H3. The first-order valence-corrected chi connectivity index (χ1v) is 15.1. The molecule has 4 aromatic carbocycles. The SMILES string of the molecule is COC(=O)c1c(-c2ccccc2)c2cc(Br)ccc2c(=O)n1Cc1ccc(NS(=O)(=O)c2ccc(C(C)=O)cc2)cc1. The van der Waals surface area contributed by atoms with E-state index in [1.165, 1.54) is 42.9 Å². The number of nitrogens with one attached hydrogen (secondary N) is 1. The van der Waals surface area contributed by atoms with Gasteiger partial charge in [0.25, 0.3) is 15.6 Å². The molecule has 212 valence electrons. The monoisotopic (exact) mass is 644 g/mol. The Morgan fingerprint density at radius 3 is 2.17 bits per heavy atom. The molecule has 1 heterocycles. The van der Waals surface area contributed by atoms with Crippen LogP contribution in [0.5, 0.6) is 0 Å². The van der Waals surface area contributed by atoms with Crippen LogP contribution in [0.2, 0.25) is 0 Å². The Hall–Kier alpha value is -4.54. The number of benzene rings is 4. The van der Waals surface area contributed by atoms with E-state index in [0.29, 0.717) is 33.2 Å². The van der Waals surface area contributed by atoms with E-state index in [1.54, 1.807) is 36.4 Å². The van der Waals surface area contributed by atoms with Crippen LogP contribution < -0.4 is 10.3 Å². The van der Waals surface area contributed by atoms with Gasteiger partial charge in [0.2, 0.25) is 0 Å². The summed E-state index contributed by atoms with van der Waals surface area (Å²) in [5, 5.41) is 1.04.